The van der Waals surface area contributed by atoms with E-state index in [0.717, 1.165) is 22.5 Å². The topological polar surface area (TPSA) is 50.4 Å². The van der Waals surface area contributed by atoms with Crippen LogP contribution in [0.5, 0.6) is 5.75 Å². The van der Waals surface area contributed by atoms with E-state index < -0.39 is 0 Å². The highest BCUT2D eigenvalue weighted by Crippen LogP contribution is 2.28. The minimum absolute atomic E-state index is 0.149. The second-order valence-electron chi connectivity index (χ2n) is 4.38. The van der Waals surface area contributed by atoms with Gasteiger partial charge in [0.25, 0.3) is 5.91 Å². The third-order valence-corrected chi connectivity index (χ3v) is 3.57. The number of carbonyl (C=O) groups excluding carboxylic acids is 1. The second kappa shape index (κ2) is 7.13. The molecule has 0 saturated carbocycles. The number of carbonyl (C=O) groups is 1. The summed E-state index contributed by atoms with van der Waals surface area (Å²) in [6.07, 6.45) is 0. The van der Waals surface area contributed by atoms with Gasteiger partial charge in [-0.3, -0.25) is 4.79 Å². The fourth-order valence-electron chi connectivity index (χ4n) is 1.97. The zero-order valence-electron chi connectivity index (χ0n) is 11.9. The highest BCUT2D eigenvalue weighted by molar-refractivity contribution is 9.10. The Balaban J connectivity index is 2.20. The van der Waals surface area contributed by atoms with Crippen LogP contribution in [0.3, 0.4) is 0 Å². The van der Waals surface area contributed by atoms with Crippen molar-refractivity contribution < 1.29 is 9.53 Å². The number of ether oxygens (including phenoxy) is 1. The molecule has 0 bridgehead atoms. The Bertz CT molecular complexity index is 644. The highest BCUT2D eigenvalue weighted by atomic mass is 79.9. The van der Waals surface area contributed by atoms with Crippen LogP contribution in [0.2, 0.25) is 0 Å². The van der Waals surface area contributed by atoms with Gasteiger partial charge in [0.1, 0.15) is 5.75 Å². The van der Waals surface area contributed by atoms with Crippen molar-refractivity contribution in [1.82, 2.24) is 0 Å². The minimum Gasteiger partial charge on any atom is -0.496 e. The Hall–Kier alpha value is -2.01. The van der Waals surface area contributed by atoms with E-state index in [-0.39, 0.29) is 5.91 Å². The molecule has 0 aliphatic carbocycles. The highest BCUT2D eigenvalue weighted by Gasteiger charge is 2.11. The first-order chi connectivity index (χ1) is 10.2. The summed E-state index contributed by atoms with van der Waals surface area (Å²) in [5.41, 5.74) is 2.15. The number of halogens is 1. The van der Waals surface area contributed by atoms with E-state index in [9.17, 15) is 4.79 Å². The van der Waals surface area contributed by atoms with Crippen molar-refractivity contribution in [3.05, 3.63) is 52.5 Å². The second-order valence-corrected chi connectivity index (χ2v) is 5.23. The summed E-state index contributed by atoms with van der Waals surface area (Å²) in [4.78, 5) is 12.4. The molecule has 0 aliphatic rings. The van der Waals surface area contributed by atoms with E-state index in [1.54, 1.807) is 25.3 Å². The largest absolute Gasteiger partial charge is 0.496 e. The molecule has 0 saturated heterocycles. The molecule has 2 rings (SSSR count). The van der Waals surface area contributed by atoms with Crippen molar-refractivity contribution in [1.29, 1.82) is 0 Å². The van der Waals surface area contributed by atoms with Crippen molar-refractivity contribution in [2.75, 3.05) is 24.3 Å². The van der Waals surface area contributed by atoms with Crippen molar-refractivity contribution in [3.63, 3.8) is 0 Å². The van der Waals surface area contributed by atoms with Crippen molar-refractivity contribution >= 4 is 33.2 Å². The van der Waals surface area contributed by atoms with Crippen molar-refractivity contribution in [2.24, 2.45) is 0 Å². The quantitative estimate of drug-likeness (QED) is 0.853. The first kappa shape index (κ1) is 15.4. The first-order valence-electron chi connectivity index (χ1n) is 6.63. The summed E-state index contributed by atoms with van der Waals surface area (Å²) >= 11 is 3.40. The standard InChI is InChI=1S/C16H17BrN2O2/c1-3-18-14-7-5-4-6-12(14)16(20)19-11-8-9-15(21-2)13(17)10-11/h4-10,18H,3H2,1-2H3,(H,19,20). The van der Waals surface area contributed by atoms with Crippen LogP contribution in [0.25, 0.3) is 0 Å². The molecule has 0 aliphatic heterocycles. The molecule has 0 unspecified atom stereocenters. The van der Waals surface area contributed by atoms with Crippen LogP contribution in [-0.4, -0.2) is 19.6 Å². The van der Waals surface area contributed by atoms with E-state index in [1.807, 2.05) is 31.2 Å². The predicted molar refractivity (Wildman–Crippen MR) is 89.3 cm³/mol. The maximum Gasteiger partial charge on any atom is 0.257 e. The van der Waals surface area contributed by atoms with Crippen molar-refractivity contribution in [2.45, 2.75) is 6.92 Å². The smallest absolute Gasteiger partial charge is 0.257 e. The van der Waals surface area contributed by atoms with Gasteiger partial charge in [0.2, 0.25) is 0 Å². The zero-order valence-corrected chi connectivity index (χ0v) is 13.5. The lowest BCUT2D eigenvalue weighted by atomic mass is 10.1. The van der Waals surface area contributed by atoms with Gasteiger partial charge in [-0.05, 0) is 53.2 Å². The lowest BCUT2D eigenvalue weighted by molar-refractivity contribution is 0.102. The number of hydrogen-bond acceptors (Lipinski definition) is 3. The van der Waals surface area contributed by atoms with Gasteiger partial charge in [-0.15, -0.1) is 0 Å². The predicted octanol–water partition coefficient (Wildman–Crippen LogP) is 4.14. The summed E-state index contributed by atoms with van der Waals surface area (Å²) in [6.45, 7) is 2.76. The van der Waals surface area contributed by atoms with E-state index >= 15 is 0 Å². The molecule has 21 heavy (non-hydrogen) atoms. The normalized spacial score (nSPS) is 10.0. The van der Waals surface area contributed by atoms with Crippen LogP contribution in [0, 0.1) is 0 Å². The fraction of sp³-hybridized carbons (Fsp3) is 0.188. The van der Waals surface area contributed by atoms with Crippen LogP contribution >= 0.6 is 15.9 Å². The monoisotopic (exact) mass is 348 g/mol. The summed E-state index contributed by atoms with van der Waals surface area (Å²) in [6, 6.07) is 12.9. The van der Waals surface area contributed by atoms with Gasteiger partial charge in [-0.1, -0.05) is 12.1 Å². The van der Waals surface area contributed by atoms with Crippen LogP contribution in [0.4, 0.5) is 11.4 Å². The number of rotatable bonds is 5. The summed E-state index contributed by atoms with van der Waals surface area (Å²) in [5.74, 6) is 0.574. The first-order valence-corrected chi connectivity index (χ1v) is 7.42. The van der Waals surface area contributed by atoms with Crippen LogP contribution in [0.15, 0.2) is 46.9 Å². The number of methoxy groups -OCH3 is 1. The molecule has 4 nitrogen and oxygen atoms in total. The Morgan fingerprint density at radius 1 is 1.24 bits per heavy atom. The SMILES string of the molecule is CCNc1ccccc1C(=O)Nc1ccc(OC)c(Br)c1. The molecule has 1 amide bonds. The van der Waals surface area contributed by atoms with E-state index in [1.165, 1.54) is 0 Å². The lowest BCUT2D eigenvalue weighted by Gasteiger charge is -2.12. The summed E-state index contributed by atoms with van der Waals surface area (Å²) < 4.78 is 5.97. The molecule has 5 heteroatoms. The van der Waals surface area contributed by atoms with Crippen molar-refractivity contribution in [3.8, 4) is 5.75 Å². The van der Waals surface area contributed by atoms with Crippen LogP contribution in [0.1, 0.15) is 17.3 Å². The van der Waals surface area contributed by atoms with E-state index in [2.05, 4.69) is 26.6 Å². The number of para-hydroxylation sites is 1. The number of amides is 1. The number of benzene rings is 2. The number of nitrogens with one attached hydrogen (secondary N) is 2. The van der Waals surface area contributed by atoms with Gasteiger partial charge in [-0.25, -0.2) is 0 Å². The van der Waals surface area contributed by atoms with E-state index in [0.29, 0.717) is 11.3 Å². The molecule has 0 spiro atoms. The molecular formula is C16H17BrN2O2. The molecular weight excluding hydrogens is 332 g/mol. The maximum absolute atomic E-state index is 12.4. The van der Waals surface area contributed by atoms with Gasteiger partial charge in [0.15, 0.2) is 0 Å². The Morgan fingerprint density at radius 2 is 2.00 bits per heavy atom. The molecule has 2 aromatic rings. The molecule has 110 valence electrons. The molecule has 0 fully saturated rings. The minimum atomic E-state index is -0.149. The van der Waals surface area contributed by atoms with Gasteiger partial charge in [0, 0.05) is 17.9 Å². The average Bonchev–Trinajstić information content (AvgIpc) is 2.48. The molecule has 2 aromatic carbocycles. The molecule has 0 radical (unpaired) electrons. The Labute approximate surface area is 132 Å². The third kappa shape index (κ3) is 3.76. The zero-order chi connectivity index (χ0) is 15.2. The Morgan fingerprint density at radius 3 is 2.67 bits per heavy atom. The lowest BCUT2D eigenvalue weighted by Crippen LogP contribution is -2.14. The summed E-state index contributed by atoms with van der Waals surface area (Å²) in [7, 11) is 1.60. The van der Waals surface area contributed by atoms with Gasteiger partial charge in [0.05, 0.1) is 17.1 Å². The number of anilines is 2. The average molecular weight is 349 g/mol. The van der Waals surface area contributed by atoms with E-state index in [4.69, 9.17) is 4.74 Å². The molecule has 0 atom stereocenters. The molecule has 0 heterocycles. The molecule has 0 aromatic heterocycles. The number of hydrogen-bond donors (Lipinski definition) is 2. The van der Waals surface area contributed by atoms with Gasteiger partial charge < -0.3 is 15.4 Å². The Kier molecular flexibility index (Phi) is 5.22. The fourth-order valence-corrected chi connectivity index (χ4v) is 2.51. The van der Waals surface area contributed by atoms with Crippen LogP contribution in [-0.2, 0) is 0 Å². The summed E-state index contributed by atoms with van der Waals surface area (Å²) in [5, 5.41) is 6.07. The maximum atomic E-state index is 12.4. The van der Waals surface area contributed by atoms with Crippen LogP contribution < -0.4 is 15.4 Å². The third-order valence-electron chi connectivity index (χ3n) is 2.95. The van der Waals surface area contributed by atoms with Gasteiger partial charge in [-0.2, -0.15) is 0 Å². The molecule has 2 N–H and O–H groups in total. The van der Waals surface area contributed by atoms with Gasteiger partial charge >= 0.3 is 0 Å².